The van der Waals surface area contributed by atoms with E-state index in [1.165, 1.54) is 13.2 Å². The quantitative estimate of drug-likeness (QED) is 0.610. The SMILES string of the molecule is COCCOC(=O)c1cc(C(=O)Nc2ccc(C)cc2C)c(=O)[nH]c1C. The van der Waals surface area contributed by atoms with Gasteiger partial charge in [0.1, 0.15) is 12.2 Å². The molecular weight excluding hydrogens is 336 g/mol. The van der Waals surface area contributed by atoms with E-state index < -0.39 is 17.4 Å². The van der Waals surface area contributed by atoms with Crippen molar-refractivity contribution in [3.05, 3.63) is 62.6 Å². The van der Waals surface area contributed by atoms with Crippen molar-refractivity contribution >= 4 is 17.6 Å². The van der Waals surface area contributed by atoms with Gasteiger partial charge in [-0.15, -0.1) is 0 Å². The first-order valence-electron chi connectivity index (χ1n) is 8.12. The summed E-state index contributed by atoms with van der Waals surface area (Å²) >= 11 is 0. The van der Waals surface area contributed by atoms with Crippen molar-refractivity contribution in [1.82, 2.24) is 4.98 Å². The molecule has 1 aromatic heterocycles. The van der Waals surface area contributed by atoms with Gasteiger partial charge in [0.15, 0.2) is 0 Å². The summed E-state index contributed by atoms with van der Waals surface area (Å²) in [5, 5.41) is 2.70. The first-order valence-corrected chi connectivity index (χ1v) is 8.12. The number of hydrogen-bond acceptors (Lipinski definition) is 5. The molecule has 2 N–H and O–H groups in total. The average Bonchev–Trinajstić information content (AvgIpc) is 2.57. The second-order valence-electron chi connectivity index (χ2n) is 5.95. The van der Waals surface area contributed by atoms with Gasteiger partial charge in [0.25, 0.3) is 11.5 Å². The van der Waals surface area contributed by atoms with Crippen LogP contribution in [0.1, 0.15) is 37.5 Å². The predicted molar refractivity (Wildman–Crippen MR) is 97.8 cm³/mol. The minimum atomic E-state index is -0.628. The number of hydrogen-bond donors (Lipinski definition) is 2. The van der Waals surface area contributed by atoms with Gasteiger partial charge in [0.2, 0.25) is 0 Å². The highest BCUT2D eigenvalue weighted by Crippen LogP contribution is 2.17. The van der Waals surface area contributed by atoms with Crippen LogP contribution in [-0.4, -0.2) is 37.2 Å². The van der Waals surface area contributed by atoms with Crippen LogP contribution < -0.4 is 10.9 Å². The number of rotatable bonds is 6. The number of aromatic nitrogens is 1. The molecule has 1 heterocycles. The van der Waals surface area contributed by atoms with Gasteiger partial charge in [0.05, 0.1) is 12.2 Å². The molecular formula is C19H22N2O5. The zero-order valence-corrected chi connectivity index (χ0v) is 15.3. The van der Waals surface area contributed by atoms with E-state index in [0.29, 0.717) is 11.4 Å². The van der Waals surface area contributed by atoms with Gasteiger partial charge in [-0.25, -0.2) is 4.79 Å². The zero-order chi connectivity index (χ0) is 19.3. The van der Waals surface area contributed by atoms with Crippen LogP contribution in [0.5, 0.6) is 0 Å². The van der Waals surface area contributed by atoms with Crippen molar-refractivity contribution in [1.29, 1.82) is 0 Å². The van der Waals surface area contributed by atoms with Crippen molar-refractivity contribution in [2.75, 3.05) is 25.6 Å². The van der Waals surface area contributed by atoms with E-state index in [4.69, 9.17) is 9.47 Å². The van der Waals surface area contributed by atoms with Crippen LogP contribution in [0.4, 0.5) is 5.69 Å². The lowest BCUT2D eigenvalue weighted by atomic mass is 10.1. The maximum atomic E-state index is 12.5. The molecule has 0 atom stereocenters. The third-order valence-corrected chi connectivity index (χ3v) is 3.85. The third-order valence-electron chi connectivity index (χ3n) is 3.85. The fourth-order valence-electron chi connectivity index (χ4n) is 2.44. The predicted octanol–water partition coefficient (Wildman–Crippen LogP) is 2.36. The van der Waals surface area contributed by atoms with E-state index in [9.17, 15) is 14.4 Å². The Bertz CT molecular complexity index is 886. The van der Waals surface area contributed by atoms with Crippen LogP contribution in [0.2, 0.25) is 0 Å². The number of carbonyl (C=O) groups excluding carboxylic acids is 2. The summed E-state index contributed by atoms with van der Waals surface area (Å²) in [6.07, 6.45) is 0. The Labute approximate surface area is 151 Å². The van der Waals surface area contributed by atoms with Crippen molar-refractivity contribution < 1.29 is 19.1 Å². The van der Waals surface area contributed by atoms with Gasteiger partial charge in [-0.2, -0.15) is 0 Å². The van der Waals surface area contributed by atoms with Crippen LogP contribution in [0, 0.1) is 20.8 Å². The molecule has 0 aliphatic heterocycles. The Balaban J connectivity index is 2.27. The van der Waals surface area contributed by atoms with Crippen molar-refractivity contribution in [3.63, 3.8) is 0 Å². The number of aryl methyl sites for hydroxylation is 3. The summed E-state index contributed by atoms with van der Waals surface area (Å²) in [6.45, 7) is 5.72. The van der Waals surface area contributed by atoms with Crippen molar-refractivity contribution in [2.24, 2.45) is 0 Å². The minimum Gasteiger partial charge on any atom is -0.460 e. The molecule has 0 saturated carbocycles. The third kappa shape index (κ3) is 4.58. The molecule has 1 amide bonds. The molecule has 0 aliphatic rings. The highest BCUT2D eigenvalue weighted by molar-refractivity contribution is 6.05. The van der Waals surface area contributed by atoms with Gasteiger partial charge in [-0.05, 0) is 38.5 Å². The summed E-state index contributed by atoms with van der Waals surface area (Å²) in [5.41, 5.74) is 2.28. The van der Waals surface area contributed by atoms with E-state index in [1.807, 2.05) is 26.0 Å². The van der Waals surface area contributed by atoms with Gasteiger partial charge in [-0.1, -0.05) is 17.7 Å². The molecule has 0 radical (unpaired) electrons. The highest BCUT2D eigenvalue weighted by Gasteiger charge is 2.19. The smallest absolute Gasteiger partial charge is 0.340 e. The zero-order valence-electron chi connectivity index (χ0n) is 15.3. The largest absolute Gasteiger partial charge is 0.460 e. The van der Waals surface area contributed by atoms with Crippen LogP contribution >= 0.6 is 0 Å². The van der Waals surface area contributed by atoms with E-state index >= 15 is 0 Å². The summed E-state index contributed by atoms with van der Waals surface area (Å²) in [6, 6.07) is 6.81. The second-order valence-corrected chi connectivity index (χ2v) is 5.95. The molecule has 1 aromatic carbocycles. The molecule has 26 heavy (non-hydrogen) atoms. The Morgan fingerprint density at radius 2 is 1.81 bits per heavy atom. The number of aromatic amines is 1. The van der Waals surface area contributed by atoms with Gasteiger partial charge in [0, 0.05) is 18.5 Å². The molecule has 0 unspecified atom stereocenters. The lowest BCUT2D eigenvalue weighted by Crippen LogP contribution is -2.26. The number of H-pyrrole nitrogens is 1. The number of nitrogens with one attached hydrogen (secondary N) is 2. The summed E-state index contributed by atoms with van der Waals surface area (Å²) in [4.78, 5) is 39.3. The first kappa shape index (κ1) is 19.4. The molecule has 2 rings (SSSR count). The molecule has 7 nitrogen and oxygen atoms in total. The maximum absolute atomic E-state index is 12.5. The normalized spacial score (nSPS) is 10.5. The summed E-state index contributed by atoms with van der Waals surface area (Å²) in [7, 11) is 1.49. The number of methoxy groups -OCH3 is 1. The number of ether oxygens (including phenoxy) is 2. The Hall–Kier alpha value is -2.93. The molecule has 0 bridgehead atoms. The van der Waals surface area contributed by atoms with Crippen LogP contribution in [-0.2, 0) is 9.47 Å². The monoisotopic (exact) mass is 358 g/mol. The number of benzene rings is 1. The number of anilines is 1. The van der Waals surface area contributed by atoms with Gasteiger partial charge < -0.3 is 19.8 Å². The average molecular weight is 358 g/mol. The maximum Gasteiger partial charge on any atom is 0.340 e. The fourth-order valence-corrected chi connectivity index (χ4v) is 2.44. The molecule has 7 heteroatoms. The topological polar surface area (TPSA) is 97.5 Å². The second kappa shape index (κ2) is 8.44. The summed E-state index contributed by atoms with van der Waals surface area (Å²) in [5.74, 6) is -1.22. The summed E-state index contributed by atoms with van der Waals surface area (Å²) < 4.78 is 9.88. The van der Waals surface area contributed by atoms with E-state index in [0.717, 1.165) is 11.1 Å². The molecule has 0 aliphatic carbocycles. The molecule has 138 valence electrons. The van der Waals surface area contributed by atoms with E-state index in [1.54, 1.807) is 13.0 Å². The standard InChI is InChI=1S/C19H22N2O5/c1-11-5-6-16(12(2)9-11)21-18(23)15-10-14(13(3)20-17(15)22)19(24)26-8-7-25-4/h5-6,9-10H,7-8H2,1-4H3,(H,20,22)(H,21,23). The van der Waals surface area contributed by atoms with Crippen LogP contribution in [0.3, 0.4) is 0 Å². The van der Waals surface area contributed by atoms with Crippen molar-refractivity contribution in [2.45, 2.75) is 20.8 Å². The molecule has 2 aromatic rings. The lowest BCUT2D eigenvalue weighted by molar-refractivity contribution is 0.0386. The first-order chi connectivity index (χ1) is 12.3. The number of amides is 1. The Morgan fingerprint density at radius 3 is 2.46 bits per heavy atom. The molecule has 0 saturated heterocycles. The number of esters is 1. The van der Waals surface area contributed by atoms with Gasteiger partial charge >= 0.3 is 5.97 Å². The number of pyridine rings is 1. The fraction of sp³-hybridized carbons (Fsp3) is 0.316. The number of carbonyl (C=O) groups is 2. The minimum absolute atomic E-state index is 0.0813. The van der Waals surface area contributed by atoms with Gasteiger partial charge in [-0.3, -0.25) is 9.59 Å². The van der Waals surface area contributed by atoms with Crippen LogP contribution in [0.25, 0.3) is 0 Å². The highest BCUT2D eigenvalue weighted by atomic mass is 16.6. The lowest BCUT2D eigenvalue weighted by Gasteiger charge is -2.11. The molecule has 0 spiro atoms. The van der Waals surface area contributed by atoms with Crippen LogP contribution in [0.15, 0.2) is 29.1 Å². The van der Waals surface area contributed by atoms with E-state index in [2.05, 4.69) is 10.3 Å². The Morgan fingerprint density at radius 1 is 1.08 bits per heavy atom. The Kier molecular flexibility index (Phi) is 6.30. The van der Waals surface area contributed by atoms with E-state index in [-0.39, 0.29) is 24.3 Å². The van der Waals surface area contributed by atoms with Crippen molar-refractivity contribution in [3.8, 4) is 0 Å². The molecule has 0 fully saturated rings.